The van der Waals surface area contributed by atoms with Gasteiger partial charge in [-0.3, -0.25) is 4.90 Å². The number of rotatable bonds is 3. The number of terminal acetylenes is 1. The van der Waals surface area contributed by atoms with Crippen molar-refractivity contribution in [2.75, 3.05) is 13.1 Å². The van der Waals surface area contributed by atoms with E-state index in [1.807, 2.05) is 0 Å². The van der Waals surface area contributed by atoms with Gasteiger partial charge in [0.15, 0.2) is 0 Å². The van der Waals surface area contributed by atoms with Crippen LogP contribution in [0.3, 0.4) is 0 Å². The molecule has 0 bridgehead atoms. The molecule has 0 radical (unpaired) electrons. The first kappa shape index (κ1) is 9.61. The van der Waals surface area contributed by atoms with Crippen LogP contribution in [-0.2, 0) is 0 Å². The lowest BCUT2D eigenvalue weighted by Gasteiger charge is -2.28. The summed E-state index contributed by atoms with van der Waals surface area (Å²) in [7, 11) is 0. The van der Waals surface area contributed by atoms with Gasteiger partial charge in [-0.1, -0.05) is 26.2 Å². The van der Waals surface area contributed by atoms with E-state index in [2.05, 4.69) is 24.7 Å². The maximum Gasteiger partial charge on any atom is 0.0601 e. The van der Waals surface area contributed by atoms with Gasteiger partial charge in [0.05, 0.1) is 6.54 Å². The molecule has 1 heteroatoms. The van der Waals surface area contributed by atoms with Crippen LogP contribution in [0.2, 0.25) is 0 Å². The summed E-state index contributed by atoms with van der Waals surface area (Å²) in [5, 5.41) is 0. The van der Waals surface area contributed by atoms with E-state index < -0.39 is 0 Å². The third-order valence-electron chi connectivity index (χ3n) is 2.99. The second kappa shape index (κ2) is 4.52. The largest absolute Gasteiger partial charge is 0.289 e. The lowest BCUT2D eigenvalue weighted by atomic mass is 10.0. The van der Waals surface area contributed by atoms with E-state index in [1.165, 1.54) is 19.3 Å². The van der Waals surface area contributed by atoms with Crippen molar-refractivity contribution in [3.8, 4) is 12.3 Å². The first-order valence-electron chi connectivity index (χ1n) is 4.97. The minimum absolute atomic E-state index is 0.756. The van der Waals surface area contributed by atoms with Crippen molar-refractivity contribution < 1.29 is 0 Å². The first-order valence-corrected chi connectivity index (χ1v) is 4.97. The predicted molar refractivity (Wildman–Crippen MR) is 52.9 cm³/mol. The minimum atomic E-state index is 0.756. The number of hydrogen-bond acceptors (Lipinski definition) is 1. The van der Waals surface area contributed by atoms with Crippen molar-refractivity contribution >= 4 is 0 Å². The van der Waals surface area contributed by atoms with Crippen LogP contribution in [0.5, 0.6) is 0 Å². The minimum Gasteiger partial charge on any atom is -0.289 e. The molecule has 0 aromatic rings. The van der Waals surface area contributed by atoms with Gasteiger partial charge in [-0.2, -0.15) is 0 Å². The van der Waals surface area contributed by atoms with Crippen molar-refractivity contribution in [2.24, 2.45) is 5.92 Å². The summed E-state index contributed by atoms with van der Waals surface area (Å²) in [4.78, 5) is 2.43. The highest BCUT2D eigenvalue weighted by atomic mass is 15.1. The van der Waals surface area contributed by atoms with Crippen molar-refractivity contribution in [3.05, 3.63) is 0 Å². The molecule has 1 fully saturated rings. The molecule has 0 heterocycles. The average Bonchev–Trinajstić information content (AvgIpc) is 2.47. The predicted octanol–water partition coefficient (Wildman–Crippen LogP) is 2.13. The fourth-order valence-electron chi connectivity index (χ4n) is 2.25. The Balaban J connectivity index is 2.47. The Labute approximate surface area is 76.1 Å². The van der Waals surface area contributed by atoms with Gasteiger partial charge in [-0.15, -0.1) is 6.42 Å². The van der Waals surface area contributed by atoms with Gasteiger partial charge in [0, 0.05) is 6.04 Å². The topological polar surface area (TPSA) is 3.24 Å². The van der Waals surface area contributed by atoms with Crippen LogP contribution in [0.4, 0.5) is 0 Å². The van der Waals surface area contributed by atoms with Gasteiger partial charge in [-0.25, -0.2) is 0 Å². The fourth-order valence-corrected chi connectivity index (χ4v) is 2.25. The third kappa shape index (κ3) is 2.01. The van der Waals surface area contributed by atoms with Crippen LogP contribution >= 0.6 is 0 Å². The Morgan fingerprint density at radius 3 is 2.67 bits per heavy atom. The summed E-state index contributed by atoms with van der Waals surface area (Å²) in [5.41, 5.74) is 0. The van der Waals surface area contributed by atoms with E-state index >= 15 is 0 Å². The van der Waals surface area contributed by atoms with Gasteiger partial charge in [0.1, 0.15) is 0 Å². The highest BCUT2D eigenvalue weighted by molar-refractivity contribution is 4.92. The normalized spacial score (nSPS) is 29.2. The molecule has 68 valence electrons. The maximum atomic E-state index is 5.33. The quantitative estimate of drug-likeness (QED) is 0.579. The SMILES string of the molecule is C#CCN(CC)C1CCCC1C. The molecule has 1 aliphatic rings. The van der Waals surface area contributed by atoms with Crippen molar-refractivity contribution in [1.82, 2.24) is 4.90 Å². The second-order valence-electron chi connectivity index (χ2n) is 3.74. The highest BCUT2D eigenvalue weighted by Crippen LogP contribution is 2.28. The van der Waals surface area contributed by atoms with E-state index in [-0.39, 0.29) is 0 Å². The molecular formula is C11H19N. The molecule has 0 aromatic heterocycles. The summed E-state index contributed by atoms with van der Waals surface area (Å²) in [6.07, 6.45) is 9.43. The molecule has 1 aliphatic carbocycles. The monoisotopic (exact) mass is 165 g/mol. The van der Waals surface area contributed by atoms with E-state index in [1.54, 1.807) is 0 Å². The van der Waals surface area contributed by atoms with Crippen molar-refractivity contribution in [2.45, 2.75) is 39.2 Å². The molecular weight excluding hydrogens is 146 g/mol. The summed E-state index contributed by atoms with van der Waals surface area (Å²) in [5.74, 6) is 3.59. The molecule has 0 amide bonds. The molecule has 0 spiro atoms. The molecule has 0 aromatic carbocycles. The standard InChI is InChI=1S/C11H19N/c1-4-9-12(5-2)11-8-6-7-10(11)3/h1,10-11H,5-9H2,2-3H3. The molecule has 0 N–H and O–H groups in total. The summed E-state index contributed by atoms with van der Waals surface area (Å²) in [6, 6.07) is 0.756. The lowest BCUT2D eigenvalue weighted by molar-refractivity contribution is 0.197. The zero-order valence-corrected chi connectivity index (χ0v) is 8.21. The Bertz CT molecular complexity index is 168. The molecule has 1 rings (SSSR count). The average molecular weight is 165 g/mol. The van der Waals surface area contributed by atoms with Crippen LogP contribution in [0.1, 0.15) is 33.1 Å². The van der Waals surface area contributed by atoms with Gasteiger partial charge in [0.25, 0.3) is 0 Å². The van der Waals surface area contributed by atoms with E-state index in [0.29, 0.717) is 0 Å². The number of hydrogen-bond donors (Lipinski definition) is 0. The molecule has 1 saturated carbocycles. The molecule has 0 aliphatic heterocycles. The van der Waals surface area contributed by atoms with Crippen LogP contribution in [0.15, 0.2) is 0 Å². The van der Waals surface area contributed by atoms with Gasteiger partial charge in [0.2, 0.25) is 0 Å². The van der Waals surface area contributed by atoms with Gasteiger partial charge >= 0.3 is 0 Å². The molecule has 0 saturated heterocycles. The zero-order chi connectivity index (χ0) is 8.97. The first-order chi connectivity index (χ1) is 5.79. The van der Waals surface area contributed by atoms with Crippen LogP contribution < -0.4 is 0 Å². The summed E-state index contributed by atoms with van der Waals surface area (Å²) >= 11 is 0. The van der Waals surface area contributed by atoms with Crippen molar-refractivity contribution in [1.29, 1.82) is 0 Å². The summed E-state index contributed by atoms with van der Waals surface area (Å²) in [6.45, 7) is 6.46. The Morgan fingerprint density at radius 1 is 1.50 bits per heavy atom. The van der Waals surface area contributed by atoms with E-state index in [4.69, 9.17) is 6.42 Å². The maximum absolute atomic E-state index is 5.33. The Hall–Kier alpha value is -0.480. The molecule has 1 nitrogen and oxygen atoms in total. The lowest BCUT2D eigenvalue weighted by Crippen LogP contribution is -2.37. The Morgan fingerprint density at radius 2 is 2.25 bits per heavy atom. The molecule has 12 heavy (non-hydrogen) atoms. The third-order valence-corrected chi connectivity index (χ3v) is 2.99. The second-order valence-corrected chi connectivity index (χ2v) is 3.74. The number of nitrogens with zero attached hydrogens (tertiary/aromatic N) is 1. The van der Waals surface area contributed by atoms with E-state index in [0.717, 1.165) is 25.0 Å². The smallest absolute Gasteiger partial charge is 0.0601 e. The molecule has 2 unspecified atom stereocenters. The van der Waals surface area contributed by atoms with Crippen molar-refractivity contribution in [3.63, 3.8) is 0 Å². The fraction of sp³-hybridized carbons (Fsp3) is 0.818. The molecule has 2 atom stereocenters. The zero-order valence-electron chi connectivity index (χ0n) is 8.21. The van der Waals surface area contributed by atoms with Crippen LogP contribution in [0.25, 0.3) is 0 Å². The van der Waals surface area contributed by atoms with Gasteiger partial charge < -0.3 is 0 Å². The highest BCUT2D eigenvalue weighted by Gasteiger charge is 2.27. The van der Waals surface area contributed by atoms with Crippen LogP contribution in [-0.4, -0.2) is 24.0 Å². The van der Waals surface area contributed by atoms with E-state index in [9.17, 15) is 0 Å². The summed E-state index contributed by atoms with van der Waals surface area (Å²) < 4.78 is 0. The van der Waals surface area contributed by atoms with Crippen LogP contribution in [0, 0.1) is 18.3 Å². The Kier molecular flexibility index (Phi) is 3.62. The van der Waals surface area contributed by atoms with Gasteiger partial charge in [-0.05, 0) is 25.3 Å².